The molecule has 2 aromatic carbocycles. The summed E-state index contributed by atoms with van der Waals surface area (Å²) < 4.78 is 3.96. The highest BCUT2D eigenvalue weighted by atomic mass is 16.2. The van der Waals surface area contributed by atoms with E-state index in [0.29, 0.717) is 17.3 Å². The molecule has 38 heavy (non-hydrogen) atoms. The molecule has 3 heterocycles. The second kappa shape index (κ2) is 10.5. The van der Waals surface area contributed by atoms with E-state index in [9.17, 15) is 9.59 Å². The number of rotatable bonds is 8. The number of Topliss-reactive ketones (excluding diaryl/α,β-unsaturated/α-hetero) is 1. The average Bonchev–Trinajstić information content (AvgIpc) is 3.51. The summed E-state index contributed by atoms with van der Waals surface area (Å²) >= 11 is 0. The molecule has 5 rings (SSSR count). The van der Waals surface area contributed by atoms with Gasteiger partial charge in [0.1, 0.15) is 11.5 Å². The Morgan fingerprint density at radius 3 is 2.32 bits per heavy atom. The maximum Gasteiger partial charge on any atom is 0.298 e. The van der Waals surface area contributed by atoms with E-state index < -0.39 is 11.7 Å². The van der Waals surface area contributed by atoms with Crippen LogP contribution in [0.25, 0.3) is 16.6 Å². The van der Waals surface area contributed by atoms with Gasteiger partial charge in [0.15, 0.2) is 0 Å². The number of pyridine rings is 1. The van der Waals surface area contributed by atoms with Crippen LogP contribution in [0.4, 0.5) is 5.69 Å². The molecule has 1 amide bonds. The van der Waals surface area contributed by atoms with E-state index >= 15 is 0 Å². The molecule has 3 aromatic heterocycles. The lowest BCUT2D eigenvalue weighted by Gasteiger charge is -2.18. The number of aromatic nitrogens is 3. The van der Waals surface area contributed by atoms with Gasteiger partial charge < -0.3 is 14.3 Å². The zero-order valence-electron chi connectivity index (χ0n) is 22.2. The van der Waals surface area contributed by atoms with Gasteiger partial charge in [0.25, 0.3) is 11.7 Å². The normalized spacial score (nSPS) is 12.1. The highest BCUT2D eigenvalue weighted by molar-refractivity contribution is 6.47. The Balaban J connectivity index is 1.39. The number of anilines is 1. The first-order chi connectivity index (χ1) is 18.4. The van der Waals surface area contributed by atoms with Crippen molar-refractivity contribution in [2.75, 3.05) is 5.32 Å². The minimum absolute atomic E-state index is 0.187. The summed E-state index contributed by atoms with van der Waals surface area (Å²) in [5.74, 6) is 0.350. The number of nitrogens with one attached hydrogen (secondary N) is 1. The minimum Gasteiger partial charge on any atom is -0.334 e. The van der Waals surface area contributed by atoms with Gasteiger partial charge in [-0.1, -0.05) is 69.3 Å². The second-order valence-electron chi connectivity index (χ2n) is 9.89. The van der Waals surface area contributed by atoms with Crippen molar-refractivity contribution in [2.45, 2.75) is 39.0 Å². The highest BCUT2D eigenvalue weighted by Crippen LogP contribution is 2.31. The number of imidazole rings is 1. The Morgan fingerprint density at radius 2 is 1.66 bits per heavy atom. The Bertz CT molecular complexity index is 1590. The first kappa shape index (κ1) is 25.2. The number of fused-ring (bicyclic) bond motifs is 1. The van der Waals surface area contributed by atoms with Crippen LogP contribution in [0.15, 0.2) is 91.3 Å². The van der Waals surface area contributed by atoms with E-state index in [1.54, 1.807) is 4.40 Å². The van der Waals surface area contributed by atoms with Gasteiger partial charge in [-0.15, -0.1) is 0 Å². The molecule has 0 aliphatic rings. The van der Waals surface area contributed by atoms with E-state index in [1.165, 1.54) is 0 Å². The number of hydrogen-bond acceptors (Lipinski definition) is 3. The molecule has 0 fully saturated rings. The Labute approximate surface area is 223 Å². The Morgan fingerprint density at radius 1 is 0.947 bits per heavy atom. The lowest BCUT2D eigenvalue weighted by Crippen LogP contribution is -2.24. The molecule has 1 atom stereocenters. The van der Waals surface area contributed by atoms with Crippen LogP contribution in [-0.2, 0) is 11.8 Å². The molecule has 0 aliphatic carbocycles. The molecular weight excluding hydrogens is 472 g/mol. The third-order valence-electron chi connectivity index (χ3n) is 7.10. The van der Waals surface area contributed by atoms with Crippen LogP contribution in [0.3, 0.4) is 0 Å². The summed E-state index contributed by atoms with van der Waals surface area (Å²) in [7, 11) is 2.07. The third-order valence-corrected chi connectivity index (χ3v) is 7.10. The second-order valence-corrected chi connectivity index (χ2v) is 9.89. The molecular formula is C32H32N4O2. The van der Waals surface area contributed by atoms with Crippen LogP contribution in [0.2, 0.25) is 0 Å². The van der Waals surface area contributed by atoms with Gasteiger partial charge in [0, 0.05) is 53.7 Å². The monoisotopic (exact) mass is 504 g/mol. The van der Waals surface area contributed by atoms with E-state index in [-0.39, 0.29) is 5.92 Å². The quantitative estimate of drug-likeness (QED) is 0.186. The Hall–Kier alpha value is -4.45. The predicted octanol–water partition coefficient (Wildman–Crippen LogP) is 6.83. The van der Waals surface area contributed by atoms with Crippen LogP contribution in [-0.4, -0.2) is 25.6 Å². The topological polar surface area (TPSA) is 68.4 Å². The number of hydrogen-bond donors (Lipinski definition) is 1. The fourth-order valence-corrected chi connectivity index (χ4v) is 5.20. The number of amides is 1. The van der Waals surface area contributed by atoms with Gasteiger partial charge in [-0.25, -0.2) is 4.98 Å². The molecule has 0 spiro atoms. The molecule has 1 unspecified atom stereocenters. The molecule has 1 N–H and O–H groups in total. The average molecular weight is 505 g/mol. The first-order valence-corrected chi connectivity index (χ1v) is 13.0. The lowest BCUT2D eigenvalue weighted by atomic mass is 9.93. The van der Waals surface area contributed by atoms with Crippen LogP contribution in [0.5, 0.6) is 0 Å². The van der Waals surface area contributed by atoms with Crippen molar-refractivity contribution in [3.63, 3.8) is 0 Å². The van der Waals surface area contributed by atoms with Crippen molar-refractivity contribution in [3.05, 3.63) is 114 Å². The number of nitrogens with zero attached hydrogens (tertiary/aromatic N) is 3. The van der Waals surface area contributed by atoms with Crippen LogP contribution < -0.4 is 5.32 Å². The highest BCUT2D eigenvalue weighted by Gasteiger charge is 2.25. The SMILES string of the molecule is CCC(c1ccc(NC(=O)C(=O)c2c(-c3ccccc3)cc3ccccn23)cc1)c1cnc(C(C)C)n1C. The van der Waals surface area contributed by atoms with Gasteiger partial charge in [-0.3, -0.25) is 9.59 Å². The summed E-state index contributed by atoms with van der Waals surface area (Å²) in [6, 6.07) is 25.0. The molecule has 6 heteroatoms. The largest absolute Gasteiger partial charge is 0.334 e. The molecule has 0 saturated heterocycles. The predicted molar refractivity (Wildman–Crippen MR) is 152 cm³/mol. The van der Waals surface area contributed by atoms with E-state index in [0.717, 1.165) is 40.1 Å². The van der Waals surface area contributed by atoms with Crippen LogP contribution >= 0.6 is 0 Å². The molecule has 192 valence electrons. The summed E-state index contributed by atoms with van der Waals surface area (Å²) in [6.45, 7) is 6.45. The molecule has 5 aromatic rings. The summed E-state index contributed by atoms with van der Waals surface area (Å²) in [6.07, 6.45) is 4.69. The molecule has 0 radical (unpaired) electrons. The van der Waals surface area contributed by atoms with Crippen LogP contribution in [0.1, 0.15) is 66.6 Å². The third kappa shape index (κ3) is 4.65. The Kier molecular flexibility index (Phi) is 6.97. The van der Waals surface area contributed by atoms with E-state index in [2.05, 4.69) is 42.7 Å². The number of benzene rings is 2. The number of carbonyl (C=O) groups excluding carboxylic acids is 2. The fourth-order valence-electron chi connectivity index (χ4n) is 5.20. The first-order valence-electron chi connectivity index (χ1n) is 13.0. The fraction of sp³-hybridized carbons (Fsp3) is 0.219. The van der Waals surface area contributed by atoms with Crippen molar-refractivity contribution >= 4 is 22.9 Å². The van der Waals surface area contributed by atoms with Gasteiger partial charge in [0.2, 0.25) is 0 Å². The van der Waals surface area contributed by atoms with Crippen molar-refractivity contribution in [2.24, 2.45) is 7.05 Å². The summed E-state index contributed by atoms with van der Waals surface area (Å²) in [5.41, 5.74) is 5.71. The maximum absolute atomic E-state index is 13.5. The van der Waals surface area contributed by atoms with Crippen molar-refractivity contribution in [1.29, 1.82) is 0 Å². The number of carbonyl (C=O) groups is 2. The van der Waals surface area contributed by atoms with Gasteiger partial charge in [-0.05, 0) is 47.9 Å². The minimum atomic E-state index is -0.668. The zero-order chi connectivity index (χ0) is 26.8. The molecule has 6 nitrogen and oxygen atoms in total. The molecule has 0 bridgehead atoms. The van der Waals surface area contributed by atoms with E-state index in [1.807, 2.05) is 91.3 Å². The zero-order valence-corrected chi connectivity index (χ0v) is 22.2. The lowest BCUT2D eigenvalue weighted by molar-refractivity contribution is -0.112. The van der Waals surface area contributed by atoms with Gasteiger partial charge >= 0.3 is 0 Å². The summed E-state index contributed by atoms with van der Waals surface area (Å²) in [4.78, 5) is 31.3. The molecule has 0 saturated carbocycles. The summed E-state index contributed by atoms with van der Waals surface area (Å²) in [5, 5.41) is 2.81. The van der Waals surface area contributed by atoms with Crippen molar-refractivity contribution < 1.29 is 9.59 Å². The van der Waals surface area contributed by atoms with Crippen molar-refractivity contribution in [3.8, 4) is 11.1 Å². The van der Waals surface area contributed by atoms with Gasteiger partial charge in [0.05, 0.1) is 0 Å². The maximum atomic E-state index is 13.5. The number of ketones is 1. The van der Waals surface area contributed by atoms with Crippen LogP contribution in [0, 0.1) is 0 Å². The smallest absolute Gasteiger partial charge is 0.298 e. The standard InChI is InChI=1S/C32H32N4O2/c1-5-26(28-20-33-31(21(2)3)35(28)4)23-14-16-24(17-15-23)34-32(38)30(37)29-27(22-11-7-6-8-12-22)19-25-13-9-10-18-36(25)29/h6-21,26H,5H2,1-4H3,(H,34,38). The molecule has 0 aliphatic heterocycles. The van der Waals surface area contributed by atoms with Crippen molar-refractivity contribution in [1.82, 2.24) is 14.0 Å². The van der Waals surface area contributed by atoms with Gasteiger partial charge in [-0.2, -0.15) is 0 Å². The van der Waals surface area contributed by atoms with E-state index in [4.69, 9.17) is 0 Å².